The number of amides is 4. The molecule has 13 heteroatoms. The summed E-state index contributed by atoms with van der Waals surface area (Å²) in [6.07, 6.45) is 2.35. The van der Waals surface area contributed by atoms with Gasteiger partial charge in [-0.25, -0.2) is 14.8 Å². The number of hydrogen-bond donors (Lipinski definition) is 5. The van der Waals surface area contributed by atoms with Crippen LogP contribution in [-0.2, 0) is 10.2 Å². The molecule has 1 aliphatic rings. The average Bonchev–Trinajstić information content (AvgIpc) is 3.40. The fourth-order valence-electron chi connectivity index (χ4n) is 4.83. The van der Waals surface area contributed by atoms with Crippen molar-refractivity contribution in [2.45, 2.75) is 58.6 Å². The minimum absolute atomic E-state index is 0.114. The van der Waals surface area contributed by atoms with Gasteiger partial charge in [-0.05, 0) is 55.5 Å². The second kappa shape index (κ2) is 12.9. The Bertz CT molecular complexity index is 1530. The van der Waals surface area contributed by atoms with Gasteiger partial charge in [0.15, 0.2) is 0 Å². The number of carbonyl (C=O) groups excluding carboxylic acids is 3. The van der Waals surface area contributed by atoms with Gasteiger partial charge in [0.1, 0.15) is 10.4 Å². The van der Waals surface area contributed by atoms with Gasteiger partial charge < -0.3 is 36.0 Å². The Balaban J connectivity index is 1.54. The lowest BCUT2D eigenvalue weighted by molar-refractivity contribution is -0.144. The van der Waals surface area contributed by atoms with Gasteiger partial charge in [-0.2, -0.15) is 0 Å². The van der Waals surface area contributed by atoms with Crippen molar-refractivity contribution in [3.8, 4) is 11.1 Å². The number of hydrogen-bond acceptors (Lipinski definition) is 9. The van der Waals surface area contributed by atoms with E-state index < -0.39 is 17.7 Å². The number of benzene rings is 1. The SMILES string of the molecule is Cc1ccc(NC(=O)Nc2cc(C(C)(C)C)sc2C(=O)N2CCN(C)C(=O)C2(C)C)cc1-c1cnc(NCC(O)CO)nc1. The van der Waals surface area contributed by atoms with Crippen molar-refractivity contribution in [3.63, 3.8) is 0 Å². The molecule has 12 nitrogen and oxygen atoms in total. The zero-order chi connectivity index (χ0) is 32.4. The van der Waals surface area contributed by atoms with Gasteiger partial charge in [0, 0.05) is 55.2 Å². The lowest BCUT2D eigenvalue weighted by Gasteiger charge is -2.44. The second-order valence-electron chi connectivity index (χ2n) is 12.5. The molecule has 1 unspecified atom stereocenters. The highest BCUT2D eigenvalue weighted by molar-refractivity contribution is 7.14. The number of nitrogens with one attached hydrogen (secondary N) is 3. The Kier molecular flexibility index (Phi) is 9.62. The molecule has 1 atom stereocenters. The molecule has 1 aliphatic heterocycles. The first kappa shape index (κ1) is 32.8. The molecule has 236 valence electrons. The number of rotatable bonds is 8. The first-order chi connectivity index (χ1) is 20.6. The molecule has 5 N–H and O–H groups in total. The number of urea groups is 1. The van der Waals surface area contributed by atoms with Crippen LogP contribution in [0.1, 0.15) is 54.7 Å². The smallest absolute Gasteiger partial charge is 0.323 e. The van der Waals surface area contributed by atoms with Crippen LogP contribution in [0.5, 0.6) is 0 Å². The largest absolute Gasteiger partial charge is 0.394 e. The Morgan fingerprint density at radius 1 is 1.11 bits per heavy atom. The van der Waals surface area contributed by atoms with Crippen LogP contribution in [0.4, 0.5) is 22.1 Å². The summed E-state index contributed by atoms with van der Waals surface area (Å²) in [5, 5.41) is 27.1. The summed E-state index contributed by atoms with van der Waals surface area (Å²) >= 11 is 1.32. The summed E-state index contributed by atoms with van der Waals surface area (Å²) in [5.74, 6) is -0.120. The maximum atomic E-state index is 13.9. The molecule has 4 amide bonds. The number of nitrogens with zero attached hydrogens (tertiary/aromatic N) is 4. The Labute approximate surface area is 261 Å². The monoisotopic (exact) mass is 623 g/mol. The highest BCUT2D eigenvalue weighted by Crippen LogP contribution is 2.38. The van der Waals surface area contributed by atoms with Crippen LogP contribution in [0.15, 0.2) is 36.7 Å². The fourth-order valence-corrected chi connectivity index (χ4v) is 5.95. The predicted molar refractivity (Wildman–Crippen MR) is 172 cm³/mol. The molecular formula is C31H41N7O5S. The molecule has 0 radical (unpaired) electrons. The second-order valence-corrected chi connectivity index (χ2v) is 13.5. The number of anilines is 3. The molecule has 4 rings (SSSR count). The zero-order valence-electron chi connectivity index (χ0n) is 26.2. The number of thiophene rings is 1. The van der Waals surface area contributed by atoms with E-state index in [1.165, 1.54) is 11.3 Å². The Morgan fingerprint density at radius 3 is 2.43 bits per heavy atom. The number of aliphatic hydroxyl groups is 2. The molecule has 0 spiro atoms. The van der Waals surface area contributed by atoms with Crippen LogP contribution in [-0.4, -0.2) is 92.8 Å². The normalized spacial score (nSPS) is 15.6. The summed E-state index contributed by atoms with van der Waals surface area (Å²) in [6, 6.07) is 6.78. The number of likely N-dealkylation sites (N-methyl/N-ethyl adjacent to an activating group) is 1. The molecule has 44 heavy (non-hydrogen) atoms. The number of piperazine rings is 1. The van der Waals surface area contributed by atoms with Crippen LogP contribution >= 0.6 is 11.3 Å². The minimum Gasteiger partial charge on any atom is -0.394 e. The van der Waals surface area contributed by atoms with E-state index in [2.05, 4.69) is 25.9 Å². The predicted octanol–water partition coefficient (Wildman–Crippen LogP) is 3.91. The molecule has 3 heterocycles. The Hall–Kier alpha value is -4.07. The quantitative estimate of drug-likeness (QED) is 0.253. The van der Waals surface area contributed by atoms with Crippen molar-refractivity contribution >= 4 is 46.5 Å². The van der Waals surface area contributed by atoms with Crippen LogP contribution in [0.3, 0.4) is 0 Å². The van der Waals surface area contributed by atoms with Gasteiger partial charge in [0.05, 0.1) is 18.4 Å². The van der Waals surface area contributed by atoms with Crippen molar-refractivity contribution in [2.24, 2.45) is 0 Å². The standard InChI is InChI=1S/C31H41N7O5S/c1-18-8-9-20(12-22(18)19-14-32-28(33-15-19)34-16-21(40)17-39)35-29(43)36-23-13-24(30(2,3)4)44-25(23)26(41)38-11-10-37(7)27(42)31(38,5)6/h8-9,12-15,21,39-40H,10-11,16-17H2,1-7H3,(H,32,33,34)(H2,35,36,43). The summed E-state index contributed by atoms with van der Waals surface area (Å²) in [6.45, 7) is 12.1. The highest BCUT2D eigenvalue weighted by atomic mass is 32.1. The number of carbonyl (C=O) groups is 3. The Morgan fingerprint density at radius 2 is 1.80 bits per heavy atom. The number of aryl methyl sites for hydroxylation is 1. The van der Waals surface area contributed by atoms with E-state index in [-0.39, 0.29) is 30.4 Å². The first-order valence-corrected chi connectivity index (χ1v) is 15.2. The van der Waals surface area contributed by atoms with Crippen LogP contribution in [0.2, 0.25) is 0 Å². The van der Waals surface area contributed by atoms with E-state index in [0.29, 0.717) is 35.3 Å². The van der Waals surface area contributed by atoms with Gasteiger partial charge in [-0.3, -0.25) is 9.59 Å². The van der Waals surface area contributed by atoms with E-state index in [4.69, 9.17) is 5.11 Å². The van der Waals surface area contributed by atoms with Crippen molar-refractivity contribution in [2.75, 3.05) is 49.2 Å². The van der Waals surface area contributed by atoms with Gasteiger partial charge >= 0.3 is 6.03 Å². The molecule has 3 aromatic rings. The number of aliphatic hydroxyl groups excluding tert-OH is 2. The molecule has 0 saturated carbocycles. The van der Waals surface area contributed by atoms with Crippen LogP contribution in [0, 0.1) is 6.92 Å². The highest BCUT2D eigenvalue weighted by Gasteiger charge is 2.44. The van der Waals surface area contributed by atoms with Gasteiger partial charge in [-0.15, -0.1) is 11.3 Å². The average molecular weight is 624 g/mol. The van der Waals surface area contributed by atoms with Gasteiger partial charge in [0.2, 0.25) is 11.9 Å². The van der Waals surface area contributed by atoms with E-state index in [1.54, 1.807) is 49.2 Å². The zero-order valence-corrected chi connectivity index (χ0v) is 27.0. The summed E-state index contributed by atoms with van der Waals surface area (Å²) in [5.41, 5.74) is 2.12. The van der Waals surface area contributed by atoms with Crippen molar-refractivity contribution in [1.82, 2.24) is 19.8 Å². The van der Waals surface area contributed by atoms with Crippen LogP contribution < -0.4 is 16.0 Å². The van der Waals surface area contributed by atoms with Crippen molar-refractivity contribution in [3.05, 3.63) is 52.0 Å². The topological polar surface area (TPSA) is 160 Å². The molecular weight excluding hydrogens is 582 g/mol. The van der Waals surface area contributed by atoms with Gasteiger partial charge in [-0.1, -0.05) is 26.8 Å². The number of aromatic nitrogens is 2. The van der Waals surface area contributed by atoms with E-state index in [0.717, 1.165) is 21.6 Å². The third-order valence-corrected chi connectivity index (χ3v) is 9.08. The van der Waals surface area contributed by atoms with E-state index in [1.807, 2.05) is 45.9 Å². The van der Waals surface area contributed by atoms with Crippen molar-refractivity contribution < 1.29 is 24.6 Å². The van der Waals surface area contributed by atoms with Crippen molar-refractivity contribution in [1.29, 1.82) is 0 Å². The molecule has 1 saturated heterocycles. The maximum absolute atomic E-state index is 13.9. The first-order valence-electron chi connectivity index (χ1n) is 14.4. The fraction of sp³-hybridized carbons (Fsp3) is 0.452. The molecule has 0 aliphatic carbocycles. The summed E-state index contributed by atoms with van der Waals surface area (Å²) < 4.78 is 0. The molecule has 1 aromatic carbocycles. The molecule has 1 fully saturated rings. The third kappa shape index (κ3) is 7.17. The van der Waals surface area contributed by atoms with Gasteiger partial charge in [0.25, 0.3) is 5.91 Å². The third-order valence-electron chi connectivity index (χ3n) is 7.53. The lowest BCUT2D eigenvalue weighted by atomic mass is 9.94. The molecule has 0 bridgehead atoms. The molecule has 2 aromatic heterocycles. The minimum atomic E-state index is -1.02. The summed E-state index contributed by atoms with van der Waals surface area (Å²) in [7, 11) is 1.73. The van der Waals surface area contributed by atoms with E-state index >= 15 is 0 Å². The maximum Gasteiger partial charge on any atom is 0.323 e. The summed E-state index contributed by atoms with van der Waals surface area (Å²) in [4.78, 5) is 53.1. The lowest BCUT2D eigenvalue weighted by Crippen LogP contribution is -2.63. The van der Waals surface area contributed by atoms with Crippen LogP contribution in [0.25, 0.3) is 11.1 Å². The van der Waals surface area contributed by atoms with E-state index in [9.17, 15) is 19.5 Å².